The van der Waals surface area contributed by atoms with Gasteiger partial charge < -0.3 is 10.2 Å². The topological polar surface area (TPSA) is 52.7 Å². The van der Waals surface area contributed by atoms with Crippen LogP contribution in [0, 0.1) is 0 Å². The summed E-state index contributed by atoms with van der Waals surface area (Å²) in [6.07, 6.45) is 0.894. The van der Waals surface area contributed by atoms with Crippen LogP contribution >= 0.6 is 0 Å². The number of rotatable bonds is 6. The Morgan fingerprint density at radius 1 is 0.806 bits per heavy atom. The molecule has 0 atom stereocenters. The van der Waals surface area contributed by atoms with E-state index < -0.39 is 0 Å². The van der Waals surface area contributed by atoms with Gasteiger partial charge in [-0.3, -0.25) is 9.59 Å². The summed E-state index contributed by atoms with van der Waals surface area (Å²) in [4.78, 5) is 30.1. The third kappa shape index (κ3) is 3.94. The standard InChI is InChI=1S/C26H25N3O2/c1-4-18-10-14-22(15-11-18)29-25(30)23(19-8-6-5-7-9-19)24(26(29)31)27-20-12-16-21(17-13-20)28(2)3/h5-17,27H,4H2,1-3H3. The molecule has 31 heavy (non-hydrogen) atoms. The Bertz CT molecular complexity index is 1130. The first kappa shape index (κ1) is 20.4. The second kappa shape index (κ2) is 8.48. The van der Waals surface area contributed by atoms with Crippen LogP contribution in [-0.4, -0.2) is 25.9 Å². The van der Waals surface area contributed by atoms with Crippen LogP contribution in [0.1, 0.15) is 18.1 Å². The molecule has 0 saturated heterocycles. The normalized spacial score (nSPS) is 13.7. The highest BCUT2D eigenvalue weighted by molar-refractivity contribution is 6.46. The van der Waals surface area contributed by atoms with Gasteiger partial charge in [0, 0.05) is 25.5 Å². The van der Waals surface area contributed by atoms with Crippen molar-refractivity contribution in [2.75, 3.05) is 29.2 Å². The number of carbonyl (C=O) groups is 2. The molecule has 3 aromatic carbocycles. The van der Waals surface area contributed by atoms with Gasteiger partial charge in [-0.2, -0.15) is 0 Å². The molecule has 0 spiro atoms. The molecule has 5 heteroatoms. The SMILES string of the molecule is CCc1ccc(N2C(=O)C(Nc3ccc(N(C)C)cc3)=C(c3ccccc3)C2=O)cc1. The predicted molar refractivity (Wildman–Crippen MR) is 126 cm³/mol. The number of benzene rings is 3. The lowest BCUT2D eigenvalue weighted by molar-refractivity contribution is -0.120. The third-order valence-electron chi connectivity index (χ3n) is 5.40. The highest BCUT2D eigenvalue weighted by Gasteiger charge is 2.40. The maximum Gasteiger partial charge on any atom is 0.282 e. The molecule has 0 bridgehead atoms. The van der Waals surface area contributed by atoms with Crippen molar-refractivity contribution < 1.29 is 9.59 Å². The number of carbonyl (C=O) groups excluding carboxylic acids is 2. The van der Waals surface area contributed by atoms with E-state index in [0.717, 1.165) is 23.4 Å². The van der Waals surface area contributed by atoms with Crippen molar-refractivity contribution in [1.29, 1.82) is 0 Å². The van der Waals surface area contributed by atoms with Crippen molar-refractivity contribution in [2.24, 2.45) is 0 Å². The van der Waals surface area contributed by atoms with Crippen molar-refractivity contribution in [3.63, 3.8) is 0 Å². The molecular formula is C26H25N3O2. The number of nitrogens with zero attached hydrogens (tertiary/aromatic N) is 2. The highest BCUT2D eigenvalue weighted by Crippen LogP contribution is 2.34. The number of imide groups is 1. The summed E-state index contributed by atoms with van der Waals surface area (Å²) < 4.78 is 0. The average Bonchev–Trinajstić information content (AvgIpc) is 3.04. The van der Waals surface area contributed by atoms with E-state index >= 15 is 0 Å². The van der Waals surface area contributed by atoms with Gasteiger partial charge in [-0.15, -0.1) is 0 Å². The maximum absolute atomic E-state index is 13.4. The molecular weight excluding hydrogens is 386 g/mol. The Kier molecular flexibility index (Phi) is 5.58. The molecule has 0 saturated carbocycles. The van der Waals surface area contributed by atoms with Gasteiger partial charge in [-0.1, -0.05) is 49.4 Å². The summed E-state index contributed by atoms with van der Waals surface area (Å²) in [5.41, 5.74) is 4.89. The second-order valence-electron chi connectivity index (χ2n) is 7.65. The minimum Gasteiger partial charge on any atom is -0.378 e. The fourth-order valence-electron chi connectivity index (χ4n) is 3.62. The molecule has 156 valence electrons. The maximum atomic E-state index is 13.4. The largest absolute Gasteiger partial charge is 0.378 e. The van der Waals surface area contributed by atoms with Gasteiger partial charge in [-0.25, -0.2) is 4.90 Å². The number of nitrogens with one attached hydrogen (secondary N) is 1. The van der Waals surface area contributed by atoms with E-state index in [9.17, 15) is 9.59 Å². The van der Waals surface area contributed by atoms with Gasteiger partial charge >= 0.3 is 0 Å². The summed E-state index contributed by atoms with van der Waals surface area (Å²) in [7, 11) is 3.94. The van der Waals surface area contributed by atoms with Crippen LogP contribution < -0.4 is 15.1 Å². The lowest BCUT2D eigenvalue weighted by Gasteiger charge is -2.16. The first-order valence-corrected chi connectivity index (χ1v) is 10.3. The molecule has 1 aliphatic rings. The molecule has 3 aromatic rings. The molecule has 4 rings (SSSR count). The van der Waals surface area contributed by atoms with Crippen LogP contribution in [-0.2, 0) is 16.0 Å². The summed E-state index contributed by atoms with van der Waals surface area (Å²) in [5, 5.41) is 3.21. The quantitative estimate of drug-likeness (QED) is 0.597. The van der Waals surface area contributed by atoms with Crippen molar-refractivity contribution in [3.05, 3.63) is 95.7 Å². The zero-order chi connectivity index (χ0) is 22.0. The Morgan fingerprint density at radius 3 is 2.03 bits per heavy atom. The van der Waals surface area contributed by atoms with E-state index in [1.807, 2.05) is 97.9 Å². The third-order valence-corrected chi connectivity index (χ3v) is 5.40. The summed E-state index contributed by atoms with van der Waals surface area (Å²) in [5.74, 6) is -0.683. The number of aryl methyl sites for hydroxylation is 1. The molecule has 1 heterocycles. The molecule has 0 unspecified atom stereocenters. The summed E-state index contributed by atoms with van der Waals surface area (Å²) >= 11 is 0. The van der Waals surface area contributed by atoms with Crippen molar-refractivity contribution >= 4 is 34.4 Å². The average molecular weight is 412 g/mol. The summed E-state index contributed by atoms with van der Waals surface area (Å²) in [6, 6.07) is 24.6. The zero-order valence-corrected chi connectivity index (χ0v) is 17.9. The van der Waals surface area contributed by atoms with Gasteiger partial charge in [0.15, 0.2) is 0 Å². The first-order chi connectivity index (χ1) is 15.0. The minimum absolute atomic E-state index is 0.286. The molecule has 0 aliphatic carbocycles. The first-order valence-electron chi connectivity index (χ1n) is 10.3. The summed E-state index contributed by atoms with van der Waals surface area (Å²) in [6.45, 7) is 2.07. The zero-order valence-electron chi connectivity index (χ0n) is 17.9. The Labute approximate surface area is 182 Å². The van der Waals surface area contributed by atoms with E-state index in [4.69, 9.17) is 0 Å². The monoisotopic (exact) mass is 411 g/mol. The van der Waals surface area contributed by atoms with Crippen LogP contribution in [0.2, 0.25) is 0 Å². The Balaban J connectivity index is 1.74. The molecule has 0 radical (unpaired) electrons. The van der Waals surface area contributed by atoms with E-state index in [-0.39, 0.29) is 17.5 Å². The molecule has 5 nitrogen and oxygen atoms in total. The van der Waals surface area contributed by atoms with Crippen molar-refractivity contribution in [1.82, 2.24) is 0 Å². The number of hydrogen-bond acceptors (Lipinski definition) is 4. The fourth-order valence-corrected chi connectivity index (χ4v) is 3.62. The van der Waals surface area contributed by atoms with E-state index in [2.05, 4.69) is 12.2 Å². The van der Waals surface area contributed by atoms with Crippen LogP contribution in [0.3, 0.4) is 0 Å². The number of hydrogen-bond donors (Lipinski definition) is 1. The smallest absolute Gasteiger partial charge is 0.282 e. The van der Waals surface area contributed by atoms with Gasteiger partial charge in [0.25, 0.3) is 11.8 Å². The lowest BCUT2D eigenvalue weighted by Crippen LogP contribution is -2.32. The van der Waals surface area contributed by atoms with Crippen LogP contribution in [0.15, 0.2) is 84.6 Å². The molecule has 0 aromatic heterocycles. The molecule has 0 fully saturated rings. The van der Waals surface area contributed by atoms with E-state index in [1.54, 1.807) is 0 Å². The minimum atomic E-state index is -0.357. The number of anilines is 3. The van der Waals surface area contributed by atoms with Crippen LogP contribution in [0.5, 0.6) is 0 Å². The van der Waals surface area contributed by atoms with Crippen molar-refractivity contribution in [2.45, 2.75) is 13.3 Å². The molecule has 2 amide bonds. The van der Waals surface area contributed by atoms with Gasteiger partial charge in [0.2, 0.25) is 0 Å². The Hall–Kier alpha value is -3.86. The van der Waals surface area contributed by atoms with Gasteiger partial charge in [0.1, 0.15) is 5.70 Å². The predicted octanol–water partition coefficient (Wildman–Crippen LogP) is 4.71. The highest BCUT2D eigenvalue weighted by atomic mass is 16.2. The second-order valence-corrected chi connectivity index (χ2v) is 7.65. The van der Waals surface area contributed by atoms with Crippen LogP contribution in [0.25, 0.3) is 5.57 Å². The Morgan fingerprint density at radius 2 is 1.45 bits per heavy atom. The number of amides is 2. The molecule has 1 aliphatic heterocycles. The van der Waals surface area contributed by atoms with Gasteiger partial charge in [0.05, 0.1) is 11.3 Å². The van der Waals surface area contributed by atoms with Gasteiger partial charge in [-0.05, 0) is 53.9 Å². The molecule has 1 N–H and O–H groups in total. The van der Waals surface area contributed by atoms with E-state index in [0.29, 0.717) is 16.8 Å². The fraction of sp³-hybridized carbons (Fsp3) is 0.154. The van der Waals surface area contributed by atoms with Crippen molar-refractivity contribution in [3.8, 4) is 0 Å². The van der Waals surface area contributed by atoms with Crippen LogP contribution in [0.4, 0.5) is 17.1 Å². The van der Waals surface area contributed by atoms with E-state index in [1.165, 1.54) is 4.90 Å². The lowest BCUT2D eigenvalue weighted by atomic mass is 10.0.